The molecule has 3 unspecified atom stereocenters. The number of nitrogens with zero attached hydrogens (tertiary/aromatic N) is 2. The average molecular weight is 267 g/mol. The van der Waals surface area contributed by atoms with Crippen molar-refractivity contribution in [1.82, 2.24) is 15.1 Å². The van der Waals surface area contributed by atoms with Gasteiger partial charge in [-0.15, -0.1) is 0 Å². The van der Waals surface area contributed by atoms with Gasteiger partial charge < -0.3 is 5.32 Å². The number of aromatic nitrogens is 2. The lowest BCUT2D eigenvalue weighted by molar-refractivity contribution is 0.442. The van der Waals surface area contributed by atoms with Crippen molar-refractivity contribution in [1.29, 1.82) is 0 Å². The molecule has 3 aliphatic rings. The molecule has 0 saturated carbocycles. The fourth-order valence-corrected chi connectivity index (χ4v) is 5.34. The van der Waals surface area contributed by atoms with Crippen molar-refractivity contribution in [3.05, 3.63) is 17.5 Å². The predicted octanol–water partition coefficient (Wildman–Crippen LogP) is 0.592. The second-order valence-electron chi connectivity index (χ2n) is 5.75. The van der Waals surface area contributed by atoms with Crippen LogP contribution in [0.25, 0.3) is 0 Å². The van der Waals surface area contributed by atoms with Gasteiger partial charge in [-0.05, 0) is 19.3 Å². The number of rotatable bonds is 1. The van der Waals surface area contributed by atoms with E-state index in [4.69, 9.17) is 0 Å². The molecule has 4 heterocycles. The minimum Gasteiger partial charge on any atom is -0.307 e. The van der Waals surface area contributed by atoms with Crippen molar-refractivity contribution in [3.63, 3.8) is 0 Å². The highest BCUT2D eigenvalue weighted by Crippen LogP contribution is 2.37. The van der Waals surface area contributed by atoms with Crippen molar-refractivity contribution < 1.29 is 8.42 Å². The monoisotopic (exact) mass is 267 g/mol. The molecule has 2 bridgehead atoms. The Hall–Kier alpha value is -0.880. The van der Waals surface area contributed by atoms with Crippen molar-refractivity contribution in [2.75, 3.05) is 11.5 Å². The van der Waals surface area contributed by atoms with Crippen molar-refractivity contribution in [3.8, 4) is 0 Å². The molecule has 2 saturated heterocycles. The molecule has 98 valence electrons. The molecular weight excluding hydrogens is 250 g/mol. The summed E-state index contributed by atoms with van der Waals surface area (Å²) in [6.07, 6.45) is 6.08. The van der Waals surface area contributed by atoms with Gasteiger partial charge >= 0.3 is 0 Å². The molecular formula is C12H17N3O2S. The van der Waals surface area contributed by atoms with E-state index < -0.39 is 9.84 Å². The van der Waals surface area contributed by atoms with E-state index in [9.17, 15) is 8.42 Å². The summed E-state index contributed by atoms with van der Waals surface area (Å²) in [7, 11) is -2.84. The average Bonchev–Trinajstić information content (AvgIpc) is 2.98. The van der Waals surface area contributed by atoms with Gasteiger partial charge in [0.2, 0.25) is 0 Å². The van der Waals surface area contributed by atoms with Crippen molar-refractivity contribution >= 4 is 9.84 Å². The van der Waals surface area contributed by atoms with Crippen LogP contribution in [0.4, 0.5) is 0 Å². The maximum absolute atomic E-state index is 11.6. The second kappa shape index (κ2) is 3.57. The van der Waals surface area contributed by atoms with E-state index in [0.717, 1.165) is 12.8 Å². The van der Waals surface area contributed by atoms with Gasteiger partial charge in [0, 0.05) is 29.8 Å². The van der Waals surface area contributed by atoms with E-state index in [0.29, 0.717) is 17.8 Å². The summed E-state index contributed by atoms with van der Waals surface area (Å²) in [5, 5.41) is 8.07. The van der Waals surface area contributed by atoms with Crippen LogP contribution >= 0.6 is 0 Å². The van der Waals surface area contributed by atoms with Crippen LogP contribution in [0.15, 0.2) is 6.20 Å². The minimum atomic E-state index is -2.84. The van der Waals surface area contributed by atoms with Crippen LogP contribution in [0.1, 0.15) is 42.6 Å². The summed E-state index contributed by atoms with van der Waals surface area (Å²) in [6.45, 7) is 0. The van der Waals surface area contributed by atoms with E-state index in [2.05, 4.69) is 10.4 Å². The van der Waals surface area contributed by atoms with E-state index >= 15 is 0 Å². The SMILES string of the molecule is O=S1(=O)CCC(n2ncc3c2CC2CCC3N2)C1. The third-order valence-corrected chi connectivity index (χ3v) is 6.29. The van der Waals surface area contributed by atoms with Crippen molar-refractivity contribution in [2.24, 2.45) is 0 Å². The Morgan fingerprint density at radius 3 is 3.00 bits per heavy atom. The highest BCUT2D eigenvalue weighted by molar-refractivity contribution is 7.91. The normalized spacial score (nSPS) is 36.8. The lowest BCUT2D eigenvalue weighted by Crippen LogP contribution is -2.33. The summed E-state index contributed by atoms with van der Waals surface area (Å²) in [6, 6.07) is 1.08. The van der Waals surface area contributed by atoms with E-state index in [1.54, 1.807) is 0 Å². The quantitative estimate of drug-likeness (QED) is 0.809. The second-order valence-corrected chi connectivity index (χ2v) is 7.97. The number of hydrogen-bond donors (Lipinski definition) is 1. The third kappa shape index (κ3) is 1.55. The van der Waals surface area contributed by atoms with Gasteiger partial charge in [-0.3, -0.25) is 4.68 Å². The van der Waals surface area contributed by atoms with Gasteiger partial charge in [0.25, 0.3) is 0 Å². The van der Waals surface area contributed by atoms with Gasteiger partial charge in [-0.1, -0.05) is 0 Å². The molecule has 3 aliphatic heterocycles. The summed E-state index contributed by atoms with van der Waals surface area (Å²) >= 11 is 0. The van der Waals surface area contributed by atoms with Crippen molar-refractivity contribution in [2.45, 2.75) is 43.8 Å². The van der Waals surface area contributed by atoms with Gasteiger partial charge in [-0.25, -0.2) is 8.42 Å². The zero-order valence-electron chi connectivity index (χ0n) is 10.2. The molecule has 1 aromatic rings. The number of hydrogen-bond acceptors (Lipinski definition) is 4. The maximum Gasteiger partial charge on any atom is 0.152 e. The molecule has 1 N–H and O–H groups in total. The molecule has 5 nitrogen and oxygen atoms in total. The Morgan fingerprint density at radius 1 is 1.33 bits per heavy atom. The molecule has 3 atom stereocenters. The lowest BCUT2D eigenvalue weighted by atomic mass is 10.0. The van der Waals surface area contributed by atoms with Crippen LogP contribution in [-0.2, 0) is 16.3 Å². The van der Waals surface area contributed by atoms with Gasteiger partial charge in [-0.2, -0.15) is 5.10 Å². The fraction of sp³-hybridized carbons (Fsp3) is 0.750. The zero-order chi connectivity index (χ0) is 12.3. The van der Waals surface area contributed by atoms with Crippen LogP contribution < -0.4 is 5.32 Å². The Morgan fingerprint density at radius 2 is 2.22 bits per heavy atom. The molecule has 0 aromatic carbocycles. The van der Waals surface area contributed by atoms with E-state index in [1.807, 2.05) is 10.9 Å². The maximum atomic E-state index is 11.6. The van der Waals surface area contributed by atoms with Crippen LogP contribution in [0.3, 0.4) is 0 Å². The molecule has 0 aliphatic carbocycles. The van der Waals surface area contributed by atoms with Crippen LogP contribution in [0, 0.1) is 0 Å². The molecule has 0 spiro atoms. The first-order chi connectivity index (χ1) is 8.62. The highest BCUT2D eigenvalue weighted by Gasteiger charge is 2.38. The van der Waals surface area contributed by atoms with Crippen LogP contribution in [-0.4, -0.2) is 35.7 Å². The topological polar surface area (TPSA) is 64.0 Å². The van der Waals surface area contributed by atoms with Gasteiger partial charge in [0.05, 0.1) is 23.7 Å². The number of sulfone groups is 1. The van der Waals surface area contributed by atoms with E-state index in [1.165, 1.54) is 24.1 Å². The molecule has 0 radical (unpaired) electrons. The molecule has 6 heteroatoms. The number of nitrogens with one attached hydrogen (secondary N) is 1. The summed E-state index contributed by atoms with van der Waals surface area (Å²) in [5.41, 5.74) is 2.58. The molecule has 2 fully saturated rings. The van der Waals surface area contributed by atoms with Gasteiger partial charge in [0.15, 0.2) is 9.84 Å². The minimum absolute atomic E-state index is 0.0660. The first-order valence-electron chi connectivity index (χ1n) is 6.65. The Kier molecular flexibility index (Phi) is 2.18. The molecule has 18 heavy (non-hydrogen) atoms. The first kappa shape index (κ1) is 11.0. The van der Waals surface area contributed by atoms with Gasteiger partial charge in [0.1, 0.15) is 0 Å². The smallest absolute Gasteiger partial charge is 0.152 e. The Labute approximate surface area is 106 Å². The molecule has 4 rings (SSSR count). The van der Waals surface area contributed by atoms with E-state index in [-0.39, 0.29) is 11.8 Å². The number of fused-ring (bicyclic) bond motifs is 4. The van der Waals surface area contributed by atoms with Crippen LogP contribution in [0.5, 0.6) is 0 Å². The standard InChI is InChI=1S/C12H17N3O2S/c16-18(17)4-3-9(7-18)15-12-5-8-1-2-11(14-8)10(12)6-13-15/h6,8-9,11,14H,1-5,7H2. The fourth-order valence-electron chi connectivity index (χ4n) is 3.64. The summed E-state index contributed by atoms with van der Waals surface area (Å²) in [4.78, 5) is 0. The summed E-state index contributed by atoms with van der Waals surface area (Å²) < 4.78 is 25.2. The molecule has 1 aromatic heterocycles. The zero-order valence-corrected chi connectivity index (χ0v) is 11.0. The molecule has 0 amide bonds. The first-order valence-corrected chi connectivity index (χ1v) is 8.47. The largest absolute Gasteiger partial charge is 0.307 e. The Bertz CT molecular complexity index is 592. The highest BCUT2D eigenvalue weighted by atomic mass is 32.2. The third-order valence-electron chi connectivity index (χ3n) is 4.54. The lowest BCUT2D eigenvalue weighted by Gasteiger charge is -2.24. The Balaban J connectivity index is 1.72. The van der Waals surface area contributed by atoms with Crippen LogP contribution in [0.2, 0.25) is 0 Å². The predicted molar refractivity (Wildman–Crippen MR) is 67.1 cm³/mol. The summed E-state index contributed by atoms with van der Waals surface area (Å²) in [5.74, 6) is 0.585.